The average molecular weight is 463 g/mol. The van der Waals surface area contributed by atoms with Crippen LogP contribution in [0, 0.1) is 4.77 Å². The van der Waals surface area contributed by atoms with Crippen LogP contribution in [0.2, 0.25) is 0 Å². The van der Waals surface area contributed by atoms with Gasteiger partial charge in [0.25, 0.3) is 5.56 Å². The second-order valence-corrected chi connectivity index (χ2v) is 9.24. The minimum Gasteiger partial charge on any atom is -0.494 e. The lowest BCUT2D eigenvalue weighted by Gasteiger charge is -2.30. The van der Waals surface area contributed by atoms with Crippen LogP contribution >= 0.6 is 12.2 Å². The smallest absolute Gasteiger partial charge is 0.264 e. The molecule has 2 heterocycles. The predicted molar refractivity (Wildman–Crippen MR) is 135 cm³/mol. The summed E-state index contributed by atoms with van der Waals surface area (Å²) in [5.74, 6) is 0.212. The van der Waals surface area contributed by atoms with Crippen molar-refractivity contribution in [3.8, 4) is 11.6 Å². The number of piperidine rings is 1. The Bertz CT molecular complexity index is 1220. The first-order chi connectivity index (χ1) is 15.9. The van der Waals surface area contributed by atoms with Gasteiger partial charge in [0.2, 0.25) is 5.88 Å². The van der Waals surface area contributed by atoms with E-state index in [9.17, 15) is 9.90 Å². The Morgan fingerprint density at radius 3 is 2.42 bits per heavy atom. The van der Waals surface area contributed by atoms with E-state index in [0.29, 0.717) is 11.6 Å². The van der Waals surface area contributed by atoms with Gasteiger partial charge in [-0.15, -0.1) is 0 Å². The number of aromatic nitrogens is 2. The molecule has 1 aliphatic rings. The number of hydrogen-bond donors (Lipinski definition) is 2. The minimum atomic E-state index is -0.433. The van der Waals surface area contributed by atoms with Crippen LogP contribution in [0.1, 0.15) is 49.3 Å². The SMILES string of the molecule is CC(C)c1ccc(-n2c(O)c(C=NC3CCN(Cc4ccccc4)CC3)c(=O)[nH]c2=S)cc1. The Hall–Kier alpha value is -3.03. The lowest BCUT2D eigenvalue weighted by Crippen LogP contribution is -2.34. The molecule has 3 aromatic rings. The summed E-state index contributed by atoms with van der Waals surface area (Å²) in [6.07, 6.45) is 3.33. The third-order valence-electron chi connectivity index (χ3n) is 6.16. The van der Waals surface area contributed by atoms with Crippen molar-refractivity contribution < 1.29 is 5.11 Å². The van der Waals surface area contributed by atoms with Gasteiger partial charge in [-0.25, -0.2) is 0 Å². The van der Waals surface area contributed by atoms with Crippen molar-refractivity contribution in [3.05, 3.63) is 86.4 Å². The van der Waals surface area contributed by atoms with E-state index in [1.165, 1.54) is 21.9 Å². The fraction of sp³-hybridized carbons (Fsp3) is 0.346. The Kier molecular flexibility index (Phi) is 7.20. The fourth-order valence-electron chi connectivity index (χ4n) is 4.15. The summed E-state index contributed by atoms with van der Waals surface area (Å²) in [5.41, 5.74) is 2.89. The van der Waals surface area contributed by atoms with E-state index in [2.05, 4.69) is 53.0 Å². The van der Waals surface area contributed by atoms with Crippen LogP contribution in [0.3, 0.4) is 0 Å². The molecule has 0 bridgehead atoms. The van der Waals surface area contributed by atoms with Gasteiger partial charge in [-0.2, -0.15) is 0 Å². The van der Waals surface area contributed by atoms with E-state index in [1.807, 2.05) is 30.3 Å². The number of benzene rings is 2. The molecule has 1 saturated heterocycles. The molecule has 1 aromatic heterocycles. The van der Waals surface area contributed by atoms with E-state index in [4.69, 9.17) is 12.2 Å². The Labute approximate surface area is 199 Å². The van der Waals surface area contributed by atoms with Crippen LogP contribution in [0.4, 0.5) is 0 Å². The quantitative estimate of drug-likeness (QED) is 0.407. The van der Waals surface area contributed by atoms with Crippen molar-refractivity contribution in [2.75, 3.05) is 13.1 Å². The molecule has 0 spiro atoms. The third-order valence-corrected chi connectivity index (χ3v) is 6.44. The number of H-pyrrole nitrogens is 1. The topological polar surface area (TPSA) is 73.6 Å². The fourth-order valence-corrected chi connectivity index (χ4v) is 4.44. The summed E-state index contributed by atoms with van der Waals surface area (Å²) >= 11 is 5.33. The van der Waals surface area contributed by atoms with E-state index < -0.39 is 5.56 Å². The first-order valence-electron chi connectivity index (χ1n) is 11.4. The van der Waals surface area contributed by atoms with E-state index in [0.717, 1.165) is 32.5 Å². The van der Waals surface area contributed by atoms with Crippen LogP contribution in [0.25, 0.3) is 5.69 Å². The first-order valence-corrected chi connectivity index (χ1v) is 11.8. The van der Waals surface area contributed by atoms with Gasteiger partial charge >= 0.3 is 0 Å². The van der Waals surface area contributed by atoms with Crippen LogP contribution in [0.15, 0.2) is 64.4 Å². The summed E-state index contributed by atoms with van der Waals surface area (Å²) in [6.45, 7) is 7.09. The van der Waals surface area contributed by atoms with E-state index in [-0.39, 0.29) is 22.3 Å². The third kappa shape index (κ3) is 5.49. The molecule has 0 amide bonds. The summed E-state index contributed by atoms with van der Waals surface area (Å²) in [6, 6.07) is 18.4. The molecule has 0 saturated carbocycles. The molecule has 2 aromatic carbocycles. The molecule has 33 heavy (non-hydrogen) atoms. The van der Waals surface area contributed by atoms with E-state index in [1.54, 1.807) is 0 Å². The van der Waals surface area contributed by atoms with Crippen molar-refractivity contribution in [2.24, 2.45) is 4.99 Å². The average Bonchev–Trinajstić information content (AvgIpc) is 2.81. The molecular formula is C26H30N4O2S. The Morgan fingerprint density at radius 2 is 1.79 bits per heavy atom. The van der Waals surface area contributed by atoms with Crippen molar-refractivity contribution in [3.63, 3.8) is 0 Å². The standard InChI is InChI=1S/C26H30N4O2S/c1-18(2)20-8-10-22(11-9-20)30-25(32)23(24(31)28-26(30)33)16-27-21-12-14-29(15-13-21)17-19-6-4-3-5-7-19/h3-11,16,18,21,32H,12-15,17H2,1-2H3,(H,28,31,33). The molecule has 2 N–H and O–H groups in total. The maximum Gasteiger partial charge on any atom is 0.264 e. The van der Waals surface area contributed by atoms with Gasteiger partial charge in [-0.3, -0.25) is 24.2 Å². The van der Waals surface area contributed by atoms with Gasteiger partial charge in [-0.05, 0) is 54.2 Å². The molecule has 0 unspecified atom stereocenters. The number of aliphatic imine (C=N–C) groups is 1. The molecule has 1 fully saturated rings. The minimum absolute atomic E-state index is 0.123. The van der Waals surface area contributed by atoms with Crippen LogP contribution in [-0.4, -0.2) is 44.9 Å². The molecule has 0 aliphatic carbocycles. The highest BCUT2D eigenvalue weighted by Gasteiger charge is 2.19. The second-order valence-electron chi connectivity index (χ2n) is 8.85. The summed E-state index contributed by atoms with van der Waals surface area (Å²) < 4.78 is 1.63. The zero-order chi connectivity index (χ0) is 23.4. The molecule has 1 aliphatic heterocycles. The molecule has 4 rings (SSSR count). The van der Waals surface area contributed by atoms with Gasteiger partial charge in [0.15, 0.2) is 4.77 Å². The second kappa shape index (κ2) is 10.3. The van der Waals surface area contributed by atoms with Crippen LogP contribution in [-0.2, 0) is 6.54 Å². The van der Waals surface area contributed by atoms with Gasteiger partial charge < -0.3 is 5.11 Å². The summed E-state index contributed by atoms with van der Waals surface area (Å²) in [7, 11) is 0. The zero-order valence-corrected chi connectivity index (χ0v) is 19.9. The maximum atomic E-state index is 12.5. The Balaban J connectivity index is 1.49. The van der Waals surface area contributed by atoms with Crippen molar-refractivity contribution >= 4 is 18.4 Å². The number of nitrogens with zero attached hydrogens (tertiary/aromatic N) is 3. The predicted octanol–water partition coefficient (Wildman–Crippen LogP) is 4.81. The number of nitrogens with one attached hydrogen (secondary N) is 1. The van der Waals surface area contributed by atoms with Gasteiger partial charge in [0, 0.05) is 25.8 Å². The van der Waals surface area contributed by atoms with Crippen molar-refractivity contribution in [1.29, 1.82) is 0 Å². The monoisotopic (exact) mass is 462 g/mol. The van der Waals surface area contributed by atoms with Gasteiger partial charge in [0.1, 0.15) is 5.56 Å². The lowest BCUT2D eigenvalue weighted by atomic mass is 10.0. The van der Waals surface area contributed by atoms with Gasteiger partial charge in [0.05, 0.1) is 11.7 Å². The molecule has 172 valence electrons. The van der Waals surface area contributed by atoms with Crippen LogP contribution < -0.4 is 5.56 Å². The van der Waals surface area contributed by atoms with Crippen LogP contribution in [0.5, 0.6) is 5.88 Å². The van der Waals surface area contributed by atoms with Gasteiger partial charge in [-0.1, -0.05) is 56.3 Å². The lowest BCUT2D eigenvalue weighted by molar-refractivity contribution is 0.206. The highest BCUT2D eigenvalue weighted by molar-refractivity contribution is 7.71. The molecule has 6 nitrogen and oxygen atoms in total. The molecule has 0 atom stereocenters. The van der Waals surface area contributed by atoms with Crippen molar-refractivity contribution in [2.45, 2.75) is 45.2 Å². The number of hydrogen-bond acceptors (Lipinski definition) is 5. The molecule has 7 heteroatoms. The van der Waals surface area contributed by atoms with E-state index >= 15 is 0 Å². The summed E-state index contributed by atoms with van der Waals surface area (Å²) in [4.78, 5) is 22.3. The first kappa shape index (κ1) is 23.1. The molecular weight excluding hydrogens is 432 g/mol. The Morgan fingerprint density at radius 1 is 1.12 bits per heavy atom. The highest BCUT2D eigenvalue weighted by Crippen LogP contribution is 2.22. The number of aromatic amines is 1. The normalized spacial score (nSPS) is 15.5. The maximum absolute atomic E-state index is 12.5. The number of rotatable bonds is 6. The number of aromatic hydroxyl groups is 1. The van der Waals surface area contributed by atoms with Crippen molar-refractivity contribution in [1.82, 2.24) is 14.5 Å². The number of likely N-dealkylation sites (tertiary alicyclic amines) is 1. The highest BCUT2D eigenvalue weighted by atomic mass is 32.1. The summed E-state index contributed by atoms with van der Waals surface area (Å²) in [5, 5.41) is 10.9. The zero-order valence-electron chi connectivity index (χ0n) is 19.1. The largest absolute Gasteiger partial charge is 0.494 e. The molecule has 0 radical (unpaired) electrons.